The van der Waals surface area contributed by atoms with Crippen LogP contribution in [0.1, 0.15) is 15.4 Å². The molecule has 5 nitrogen and oxygen atoms in total. The highest BCUT2D eigenvalue weighted by atomic mass is 32.2. The SMILES string of the molecule is Cc1nc(Nc2ccc(SC#N)cc2)sc1C(=O)O. The lowest BCUT2D eigenvalue weighted by atomic mass is 10.3. The molecule has 2 aromatic rings. The first-order valence-electron chi connectivity index (χ1n) is 5.24. The molecule has 0 fully saturated rings. The molecule has 0 amide bonds. The average molecular weight is 291 g/mol. The topological polar surface area (TPSA) is 86.0 Å². The Morgan fingerprint density at radius 1 is 1.47 bits per heavy atom. The van der Waals surface area contributed by atoms with Crippen LogP contribution in [0, 0.1) is 17.6 Å². The van der Waals surface area contributed by atoms with Crippen LogP contribution in [-0.2, 0) is 0 Å². The van der Waals surface area contributed by atoms with Crippen molar-refractivity contribution >= 4 is 39.9 Å². The van der Waals surface area contributed by atoms with Gasteiger partial charge in [0.2, 0.25) is 0 Å². The molecule has 0 aliphatic rings. The molecule has 0 spiro atoms. The number of benzene rings is 1. The summed E-state index contributed by atoms with van der Waals surface area (Å²) in [5.74, 6) is -0.969. The van der Waals surface area contributed by atoms with E-state index in [0.29, 0.717) is 10.8 Å². The van der Waals surface area contributed by atoms with Crippen molar-refractivity contribution < 1.29 is 9.90 Å². The lowest BCUT2D eigenvalue weighted by Gasteiger charge is -2.02. The van der Waals surface area contributed by atoms with Gasteiger partial charge in [-0.1, -0.05) is 11.3 Å². The summed E-state index contributed by atoms with van der Waals surface area (Å²) in [6.45, 7) is 1.66. The number of hydrogen-bond donors (Lipinski definition) is 2. The first-order valence-corrected chi connectivity index (χ1v) is 6.87. The van der Waals surface area contributed by atoms with Crippen molar-refractivity contribution in [3.8, 4) is 5.40 Å². The lowest BCUT2D eigenvalue weighted by Crippen LogP contribution is -1.94. The van der Waals surface area contributed by atoms with Gasteiger partial charge in [-0.2, -0.15) is 5.26 Å². The van der Waals surface area contributed by atoms with Gasteiger partial charge in [0.25, 0.3) is 0 Å². The third kappa shape index (κ3) is 3.24. The molecule has 0 saturated carbocycles. The summed E-state index contributed by atoms with van der Waals surface area (Å²) >= 11 is 2.19. The molecule has 96 valence electrons. The van der Waals surface area contributed by atoms with E-state index in [1.54, 1.807) is 6.92 Å². The van der Waals surface area contributed by atoms with Gasteiger partial charge >= 0.3 is 5.97 Å². The zero-order valence-corrected chi connectivity index (χ0v) is 11.5. The number of thiazole rings is 1. The number of carboxylic acid groups (broad SMARTS) is 1. The number of nitriles is 1. The zero-order valence-electron chi connectivity index (χ0n) is 9.88. The van der Waals surface area contributed by atoms with Crippen LogP contribution in [0.2, 0.25) is 0 Å². The van der Waals surface area contributed by atoms with E-state index in [0.717, 1.165) is 33.7 Å². The second kappa shape index (κ2) is 5.73. The van der Waals surface area contributed by atoms with Crippen LogP contribution in [-0.4, -0.2) is 16.1 Å². The molecular weight excluding hydrogens is 282 g/mol. The van der Waals surface area contributed by atoms with E-state index in [4.69, 9.17) is 10.4 Å². The standard InChI is InChI=1S/C12H9N3O2S2/c1-7-10(11(16)17)19-12(14-7)15-8-2-4-9(5-3-8)18-6-13/h2-5H,1H3,(H,14,15)(H,16,17). The quantitative estimate of drug-likeness (QED) is 0.662. The molecule has 1 aromatic heterocycles. The van der Waals surface area contributed by atoms with Crippen molar-refractivity contribution in [1.82, 2.24) is 4.98 Å². The molecule has 1 aromatic carbocycles. The maximum atomic E-state index is 10.9. The Bertz CT molecular complexity index is 644. The molecule has 0 radical (unpaired) electrons. The van der Waals surface area contributed by atoms with Crippen molar-refractivity contribution in [2.24, 2.45) is 0 Å². The first-order chi connectivity index (χ1) is 9.10. The van der Waals surface area contributed by atoms with E-state index < -0.39 is 5.97 Å². The molecule has 0 atom stereocenters. The van der Waals surface area contributed by atoms with Gasteiger partial charge in [0.05, 0.1) is 5.69 Å². The molecule has 1 heterocycles. The van der Waals surface area contributed by atoms with Gasteiger partial charge in [0.15, 0.2) is 5.13 Å². The van der Waals surface area contributed by atoms with Gasteiger partial charge in [-0.25, -0.2) is 9.78 Å². The Balaban J connectivity index is 2.15. The Morgan fingerprint density at radius 3 is 2.68 bits per heavy atom. The number of carbonyl (C=O) groups is 1. The van der Waals surface area contributed by atoms with Crippen LogP contribution in [0.25, 0.3) is 0 Å². The highest BCUT2D eigenvalue weighted by Gasteiger charge is 2.13. The van der Waals surface area contributed by atoms with Gasteiger partial charge in [-0.05, 0) is 43.0 Å². The Hall–Kier alpha value is -2.04. The predicted octanol–water partition coefficient (Wildman–Crippen LogP) is 3.47. The number of nitrogens with one attached hydrogen (secondary N) is 1. The number of nitrogens with zero attached hydrogens (tertiary/aromatic N) is 2. The third-order valence-electron chi connectivity index (χ3n) is 2.26. The van der Waals surface area contributed by atoms with Crippen LogP contribution in [0.5, 0.6) is 0 Å². The number of aryl methyl sites for hydroxylation is 1. The number of thiocyanates is 1. The molecule has 0 bridgehead atoms. The van der Waals surface area contributed by atoms with Gasteiger partial charge in [0.1, 0.15) is 10.3 Å². The number of hydrogen-bond acceptors (Lipinski definition) is 6. The third-order valence-corrected chi connectivity index (χ3v) is 3.92. The van der Waals surface area contributed by atoms with Crippen molar-refractivity contribution in [2.45, 2.75) is 11.8 Å². The number of anilines is 2. The molecule has 2 N–H and O–H groups in total. The molecule has 0 unspecified atom stereocenters. The molecule has 0 aliphatic carbocycles. The first kappa shape index (κ1) is 13.4. The van der Waals surface area contributed by atoms with Gasteiger partial charge in [-0.15, -0.1) is 0 Å². The smallest absolute Gasteiger partial charge is 0.347 e. The minimum Gasteiger partial charge on any atom is -0.477 e. The summed E-state index contributed by atoms with van der Waals surface area (Å²) in [7, 11) is 0. The van der Waals surface area contributed by atoms with Crippen molar-refractivity contribution in [3.05, 3.63) is 34.8 Å². The van der Waals surface area contributed by atoms with E-state index >= 15 is 0 Å². The summed E-state index contributed by atoms with van der Waals surface area (Å²) in [4.78, 5) is 16.2. The van der Waals surface area contributed by atoms with Gasteiger partial charge in [-0.3, -0.25) is 0 Å². The number of rotatable bonds is 4. The fraction of sp³-hybridized carbons (Fsp3) is 0.0833. The number of carboxylic acids is 1. The second-order valence-corrected chi connectivity index (χ2v) is 5.44. The van der Waals surface area contributed by atoms with Crippen molar-refractivity contribution in [3.63, 3.8) is 0 Å². The predicted molar refractivity (Wildman–Crippen MR) is 75.0 cm³/mol. The minimum absolute atomic E-state index is 0.235. The fourth-order valence-corrected chi connectivity index (χ4v) is 2.63. The summed E-state index contributed by atoms with van der Waals surface area (Å²) in [5, 5.41) is 23.1. The largest absolute Gasteiger partial charge is 0.477 e. The Morgan fingerprint density at radius 2 is 2.16 bits per heavy atom. The number of aromatic nitrogens is 1. The Labute approximate surface area is 117 Å². The highest BCUT2D eigenvalue weighted by molar-refractivity contribution is 8.03. The fourth-order valence-electron chi connectivity index (χ4n) is 1.43. The molecule has 7 heteroatoms. The van der Waals surface area contributed by atoms with E-state index in [2.05, 4.69) is 10.3 Å². The van der Waals surface area contributed by atoms with Crippen LogP contribution in [0.15, 0.2) is 29.2 Å². The maximum absolute atomic E-state index is 10.9. The summed E-state index contributed by atoms with van der Waals surface area (Å²) in [6.07, 6.45) is 0. The van der Waals surface area contributed by atoms with E-state index in [1.165, 1.54) is 0 Å². The number of thioether (sulfide) groups is 1. The normalized spacial score (nSPS) is 9.89. The Kier molecular flexibility index (Phi) is 4.04. The van der Waals surface area contributed by atoms with E-state index in [1.807, 2.05) is 29.7 Å². The molecule has 0 saturated heterocycles. The molecule has 0 aliphatic heterocycles. The minimum atomic E-state index is -0.969. The lowest BCUT2D eigenvalue weighted by molar-refractivity contribution is 0.0701. The molecule has 2 rings (SSSR count). The maximum Gasteiger partial charge on any atom is 0.347 e. The highest BCUT2D eigenvalue weighted by Crippen LogP contribution is 2.27. The second-order valence-electron chi connectivity index (χ2n) is 3.58. The van der Waals surface area contributed by atoms with Crippen molar-refractivity contribution in [1.29, 1.82) is 5.26 Å². The summed E-state index contributed by atoms with van der Waals surface area (Å²) in [5.41, 5.74) is 1.30. The van der Waals surface area contributed by atoms with Crippen LogP contribution in [0.4, 0.5) is 10.8 Å². The van der Waals surface area contributed by atoms with Crippen LogP contribution < -0.4 is 5.32 Å². The van der Waals surface area contributed by atoms with E-state index in [9.17, 15) is 4.79 Å². The number of aromatic carboxylic acids is 1. The monoisotopic (exact) mass is 291 g/mol. The zero-order chi connectivity index (χ0) is 13.8. The van der Waals surface area contributed by atoms with Crippen LogP contribution in [0.3, 0.4) is 0 Å². The van der Waals surface area contributed by atoms with Crippen LogP contribution >= 0.6 is 23.1 Å². The summed E-state index contributed by atoms with van der Waals surface area (Å²) in [6, 6.07) is 7.26. The average Bonchev–Trinajstić information content (AvgIpc) is 2.73. The molecular formula is C12H9N3O2S2. The summed E-state index contributed by atoms with van der Waals surface area (Å²) < 4.78 is 0. The van der Waals surface area contributed by atoms with Gasteiger partial charge in [0, 0.05) is 10.6 Å². The van der Waals surface area contributed by atoms with Crippen molar-refractivity contribution in [2.75, 3.05) is 5.32 Å². The van der Waals surface area contributed by atoms with Gasteiger partial charge < -0.3 is 10.4 Å². The molecule has 19 heavy (non-hydrogen) atoms. The van der Waals surface area contributed by atoms with E-state index in [-0.39, 0.29) is 4.88 Å².